The second kappa shape index (κ2) is 2.99. The minimum absolute atomic E-state index is 0.568. The van der Waals surface area contributed by atoms with Crippen LogP contribution in [0.25, 0.3) is 21.5 Å². The highest BCUT2D eigenvalue weighted by molar-refractivity contribution is 6.08. The Bertz CT molecular complexity index is 641. The zero-order valence-corrected chi connectivity index (χ0v) is 8.20. The molecule has 0 fully saturated rings. The second-order valence-corrected chi connectivity index (χ2v) is 3.72. The van der Waals surface area contributed by atoms with Gasteiger partial charge < -0.3 is 5.73 Å². The van der Waals surface area contributed by atoms with Crippen LogP contribution >= 0.6 is 0 Å². The first-order chi connectivity index (χ1) is 7.34. The van der Waals surface area contributed by atoms with Crippen LogP contribution in [0.5, 0.6) is 0 Å². The summed E-state index contributed by atoms with van der Waals surface area (Å²) in [6.45, 7) is 0. The smallest absolute Gasteiger partial charge is 0.0546 e. The maximum atomic E-state index is 7.65. The summed E-state index contributed by atoms with van der Waals surface area (Å²) in [5, 5.41) is 4.82. The zero-order valence-electron chi connectivity index (χ0n) is 8.20. The van der Waals surface area contributed by atoms with Crippen LogP contribution in [0.15, 0.2) is 54.6 Å². The van der Waals surface area contributed by atoms with E-state index in [1.54, 1.807) is 0 Å². The highest BCUT2D eigenvalue weighted by Gasteiger charge is 1.99. The molecular formula is C14H10N. The lowest BCUT2D eigenvalue weighted by Crippen LogP contribution is -1.77. The van der Waals surface area contributed by atoms with Crippen molar-refractivity contribution in [1.29, 1.82) is 0 Å². The van der Waals surface area contributed by atoms with E-state index in [0.717, 1.165) is 0 Å². The lowest BCUT2D eigenvalue weighted by Gasteiger charge is -2.03. The third-order valence-corrected chi connectivity index (χ3v) is 2.75. The second-order valence-electron chi connectivity index (χ2n) is 3.72. The molecule has 0 saturated carbocycles. The number of fused-ring (bicyclic) bond motifs is 3. The van der Waals surface area contributed by atoms with Crippen molar-refractivity contribution in [2.24, 2.45) is 0 Å². The van der Waals surface area contributed by atoms with Gasteiger partial charge in [0.25, 0.3) is 0 Å². The van der Waals surface area contributed by atoms with Crippen LogP contribution in [0, 0.1) is 0 Å². The predicted molar refractivity (Wildman–Crippen MR) is 64.2 cm³/mol. The molecular weight excluding hydrogens is 182 g/mol. The molecule has 0 unspecified atom stereocenters. The first-order valence-corrected chi connectivity index (χ1v) is 4.98. The summed E-state index contributed by atoms with van der Waals surface area (Å²) in [4.78, 5) is 0. The third kappa shape index (κ3) is 1.24. The molecule has 1 heteroatoms. The lowest BCUT2D eigenvalue weighted by molar-refractivity contribution is 1.51. The number of hydrogen-bond acceptors (Lipinski definition) is 0. The van der Waals surface area contributed by atoms with Crippen molar-refractivity contribution in [3.8, 4) is 0 Å². The third-order valence-electron chi connectivity index (χ3n) is 2.75. The minimum atomic E-state index is 0.568. The Balaban J connectivity index is 2.57. The monoisotopic (exact) mass is 192 g/mol. The SMILES string of the molecule is [NH]c1ccc2ccc3ccccc3c2c1. The largest absolute Gasteiger partial charge is 0.301 e. The number of nitrogens with one attached hydrogen (secondary N) is 1. The predicted octanol–water partition coefficient (Wildman–Crippen LogP) is 3.91. The molecule has 0 heterocycles. The zero-order chi connectivity index (χ0) is 10.3. The Morgan fingerprint density at radius 3 is 2.20 bits per heavy atom. The van der Waals surface area contributed by atoms with Crippen molar-refractivity contribution in [3.63, 3.8) is 0 Å². The van der Waals surface area contributed by atoms with Crippen molar-refractivity contribution >= 4 is 27.2 Å². The molecule has 15 heavy (non-hydrogen) atoms. The van der Waals surface area contributed by atoms with Crippen LogP contribution in [0.4, 0.5) is 5.69 Å². The molecule has 0 saturated heterocycles. The van der Waals surface area contributed by atoms with Crippen LogP contribution < -0.4 is 5.73 Å². The maximum Gasteiger partial charge on any atom is 0.0546 e. The molecule has 0 aliphatic carbocycles. The van der Waals surface area contributed by atoms with E-state index in [4.69, 9.17) is 5.73 Å². The Morgan fingerprint density at radius 1 is 0.667 bits per heavy atom. The molecule has 0 amide bonds. The summed E-state index contributed by atoms with van der Waals surface area (Å²) in [6.07, 6.45) is 0. The van der Waals surface area contributed by atoms with Gasteiger partial charge in [-0.2, -0.15) is 0 Å². The van der Waals surface area contributed by atoms with Gasteiger partial charge in [0, 0.05) is 0 Å². The molecule has 0 atom stereocenters. The van der Waals surface area contributed by atoms with Gasteiger partial charge in [-0.3, -0.25) is 0 Å². The van der Waals surface area contributed by atoms with Gasteiger partial charge in [0.05, 0.1) is 5.69 Å². The van der Waals surface area contributed by atoms with Crippen LogP contribution in [0.1, 0.15) is 0 Å². The van der Waals surface area contributed by atoms with Crippen molar-refractivity contribution in [2.75, 3.05) is 0 Å². The Hall–Kier alpha value is -2.02. The van der Waals surface area contributed by atoms with Crippen molar-refractivity contribution < 1.29 is 0 Å². The van der Waals surface area contributed by atoms with Gasteiger partial charge in [-0.1, -0.05) is 42.5 Å². The summed E-state index contributed by atoms with van der Waals surface area (Å²) in [7, 11) is 0. The first kappa shape index (κ1) is 8.30. The maximum absolute atomic E-state index is 7.65. The summed E-state index contributed by atoms with van der Waals surface area (Å²) in [6, 6.07) is 18.3. The molecule has 1 radical (unpaired) electrons. The van der Waals surface area contributed by atoms with E-state index >= 15 is 0 Å². The van der Waals surface area contributed by atoms with Gasteiger partial charge in [-0.25, -0.2) is 0 Å². The minimum Gasteiger partial charge on any atom is -0.301 e. The van der Waals surface area contributed by atoms with E-state index in [9.17, 15) is 0 Å². The molecule has 1 N–H and O–H groups in total. The molecule has 0 aliphatic heterocycles. The van der Waals surface area contributed by atoms with E-state index in [1.165, 1.54) is 21.5 Å². The normalized spacial score (nSPS) is 10.9. The molecule has 1 nitrogen and oxygen atoms in total. The Kier molecular flexibility index (Phi) is 1.65. The van der Waals surface area contributed by atoms with Crippen molar-refractivity contribution in [3.05, 3.63) is 54.6 Å². The molecule has 71 valence electrons. The summed E-state index contributed by atoms with van der Waals surface area (Å²) < 4.78 is 0. The van der Waals surface area contributed by atoms with E-state index in [2.05, 4.69) is 24.3 Å². The van der Waals surface area contributed by atoms with Gasteiger partial charge in [0.2, 0.25) is 0 Å². The summed E-state index contributed by atoms with van der Waals surface area (Å²) in [5.74, 6) is 0. The molecule has 0 spiro atoms. The van der Waals surface area contributed by atoms with E-state index in [0.29, 0.717) is 5.69 Å². The Labute approximate surface area is 88.1 Å². The van der Waals surface area contributed by atoms with Crippen LogP contribution in [-0.2, 0) is 0 Å². The molecule has 0 aromatic heterocycles. The van der Waals surface area contributed by atoms with Crippen LogP contribution in [0.2, 0.25) is 0 Å². The highest BCUT2D eigenvalue weighted by Crippen LogP contribution is 2.26. The molecule has 0 bridgehead atoms. The molecule has 3 rings (SSSR count). The van der Waals surface area contributed by atoms with E-state index < -0.39 is 0 Å². The number of rotatable bonds is 0. The van der Waals surface area contributed by atoms with Gasteiger partial charge in [-0.05, 0) is 33.7 Å². The fourth-order valence-corrected chi connectivity index (χ4v) is 2.00. The van der Waals surface area contributed by atoms with Gasteiger partial charge in [0.1, 0.15) is 0 Å². The van der Waals surface area contributed by atoms with E-state index in [1.807, 2.05) is 30.3 Å². The average molecular weight is 192 g/mol. The van der Waals surface area contributed by atoms with Crippen LogP contribution in [0.3, 0.4) is 0 Å². The standard InChI is InChI=1S/C14H10N/c15-12-8-7-11-6-5-10-3-1-2-4-13(10)14(11)9-12/h1-9,15H. The summed E-state index contributed by atoms with van der Waals surface area (Å²) >= 11 is 0. The fraction of sp³-hybridized carbons (Fsp3) is 0. The topological polar surface area (TPSA) is 23.8 Å². The molecule has 0 aliphatic rings. The fourth-order valence-electron chi connectivity index (χ4n) is 2.00. The quantitative estimate of drug-likeness (QED) is 0.482. The van der Waals surface area contributed by atoms with E-state index in [-0.39, 0.29) is 0 Å². The van der Waals surface area contributed by atoms with Gasteiger partial charge in [0.15, 0.2) is 0 Å². The average Bonchev–Trinajstić information content (AvgIpc) is 2.29. The molecule has 3 aromatic carbocycles. The van der Waals surface area contributed by atoms with Crippen LogP contribution in [-0.4, -0.2) is 0 Å². The van der Waals surface area contributed by atoms with Gasteiger partial charge >= 0.3 is 0 Å². The van der Waals surface area contributed by atoms with Crippen molar-refractivity contribution in [1.82, 2.24) is 5.73 Å². The molecule has 3 aromatic rings. The lowest BCUT2D eigenvalue weighted by atomic mass is 10.0. The van der Waals surface area contributed by atoms with Gasteiger partial charge in [-0.15, -0.1) is 0 Å². The first-order valence-electron chi connectivity index (χ1n) is 4.98. The van der Waals surface area contributed by atoms with Crippen molar-refractivity contribution in [2.45, 2.75) is 0 Å². The number of benzene rings is 3. The highest BCUT2D eigenvalue weighted by atomic mass is 14.5. The Morgan fingerprint density at radius 2 is 1.33 bits per heavy atom. The summed E-state index contributed by atoms with van der Waals surface area (Å²) in [5.41, 5.74) is 8.22. The number of hydrogen-bond donors (Lipinski definition) is 0.